The fourth-order valence-corrected chi connectivity index (χ4v) is 4.32. The van der Waals surface area contributed by atoms with Gasteiger partial charge in [-0.05, 0) is 50.5 Å². The van der Waals surface area contributed by atoms with E-state index in [-0.39, 0.29) is 16.4 Å². The molecule has 2 amide bonds. The summed E-state index contributed by atoms with van der Waals surface area (Å²) in [6, 6.07) is 4.66. The highest BCUT2D eigenvalue weighted by Gasteiger charge is 2.27. The minimum Gasteiger partial charge on any atom is -0.452 e. The third kappa shape index (κ3) is 6.26. The Bertz CT molecular complexity index is 832. The second-order valence-electron chi connectivity index (χ2n) is 6.79. The van der Waals surface area contributed by atoms with Gasteiger partial charge in [-0.15, -0.1) is 0 Å². The monoisotopic (exact) mass is 425 g/mol. The van der Waals surface area contributed by atoms with Crippen LogP contribution < -0.4 is 10.6 Å². The number of hydrogen-bond acceptors (Lipinski definition) is 6. The van der Waals surface area contributed by atoms with Crippen molar-refractivity contribution in [2.75, 3.05) is 26.2 Å². The first-order chi connectivity index (χ1) is 13.8. The van der Waals surface area contributed by atoms with Gasteiger partial charge in [0.1, 0.15) is 6.04 Å². The Balaban J connectivity index is 1.86. The number of nitrogens with one attached hydrogen (secondary N) is 2. The van der Waals surface area contributed by atoms with Crippen LogP contribution in [0.4, 0.5) is 0 Å². The minimum absolute atomic E-state index is 0.112. The SMILES string of the molecule is CCCNC(=O)[C@H](C)NC(=O)COC(=O)c1ccc(S(=O)(=O)N2CCCC2)cc1. The minimum atomic E-state index is -3.56. The van der Waals surface area contributed by atoms with Crippen molar-refractivity contribution in [2.24, 2.45) is 0 Å². The zero-order chi connectivity index (χ0) is 21.4. The molecule has 1 aromatic rings. The van der Waals surface area contributed by atoms with Crippen LogP contribution in [-0.2, 0) is 24.3 Å². The topological polar surface area (TPSA) is 122 Å². The van der Waals surface area contributed by atoms with Crippen LogP contribution in [-0.4, -0.2) is 62.8 Å². The van der Waals surface area contributed by atoms with E-state index >= 15 is 0 Å². The highest BCUT2D eigenvalue weighted by molar-refractivity contribution is 7.89. The third-order valence-electron chi connectivity index (χ3n) is 4.45. The average Bonchev–Trinajstić information content (AvgIpc) is 3.26. The second kappa shape index (κ2) is 10.4. The van der Waals surface area contributed by atoms with Crippen LogP contribution in [0, 0.1) is 0 Å². The van der Waals surface area contributed by atoms with E-state index in [9.17, 15) is 22.8 Å². The van der Waals surface area contributed by atoms with E-state index in [2.05, 4.69) is 10.6 Å². The molecular weight excluding hydrogens is 398 g/mol. The molecule has 29 heavy (non-hydrogen) atoms. The maximum absolute atomic E-state index is 12.5. The summed E-state index contributed by atoms with van der Waals surface area (Å²) in [6.45, 7) is 4.41. The normalized spacial score (nSPS) is 15.5. The Morgan fingerprint density at radius 3 is 2.34 bits per heavy atom. The Labute approximate surface area is 170 Å². The summed E-state index contributed by atoms with van der Waals surface area (Å²) in [6.07, 6.45) is 2.46. The maximum Gasteiger partial charge on any atom is 0.338 e. The van der Waals surface area contributed by atoms with Crippen molar-refractivity contribution >= 4 is 27.8 Å². The molecule has 0 aromatic heterocycles. The predicted molar refractivity (Wildman–Crippen MR) is 106 cm³/mol. The molecule has 1 fully saturated rings. The number of rotatable bonds is 9. The van der Waals surface area contributed by atoms with E-state index in [1.807, 2.05) is 6.92 Å². The lowest BCUT2D eigenvalue weighted by Gasteiger charge is -2.15. The van der Waals surface area contributed by atoms with Crippen molar-refractivity contribution in [3.05, 3.63) is 29.8 Å². The third-order valence-corrected chi connectivity index (χ3v) is 6.36. The van der Waals surface area contributed by atoms with Gasteiger partial charge in [0.25, 0.3) is 5.91 Å². The van der Waals surface area contributed by atoms with Crippen LogP contribution >= 0.6 is 0 Å². The first kappa shape index (κ1) is 22.8. The molecule has 1 atom stereocenters. The van der Waals surface area contributed by atoms with Gasteiger partial charge in [0.05, 0.1) is 10.5 Å². The van der Waals surface area contributed by atoms with Crippen LogP contribution in [0.15, 0.2) is 29.2 Å². The van der Waals surface area contributed by atoms with Crippen LogP contribution in [0.1, 0.15) is 43.5 Å². The highest BCUT2D eigenvalue weighted by Crippen LogP contribution is 2.21. The largest absolute Gasteiger partial charge is 0.452 e. The van der Waals surface area contributed by atoms with E-state index in [4.69, 9.17) is 4.74 Å². The smallest absolute Gasteiger partial charge is 0.338 e. The van der Waals surface area contributed by atoms with Crippen molar-refractivity contribution in [1.82, 2.24) is 14.9 Å². The van der Waals surface area contributed by atoms with Gasteiger partial charge in [-0.3, -0.25) is 9.59 Å². The van der Waals surface area contributed by atoms with Crippen molar-refractivity contribution in [2.45, 2.75) is 44.0 Å². The average molecular weight is 426 g/mol. The number of nitrogens with zero attached hydrogens (tertiary/aromatic N) is 1. The number of carbonyl (C=O) groups is 3. The molecule has 0 radical (unpaired) electrons. The molecule has 1 heterocycles. The lowest BCUT2D eigenvalue weighted by molar-refractivity contribution is -0.130. The number of amides is 2. The van der Waals surface area contributed by atoms with Crippen LogP contribution in [0.5, 0.6) is 0 Å². The fourth-order valence-electron chi connectivity index (χ4n) is 2.80. The van der Waals surface area contributed by atoms with Gasteiger partial charge < -0.3 is 15.4 Å². The van der Waals surface area contributed by atoms with Gasteiger partial charge in [0.2, 0.25) is 15.9 Å². The van der Waals surface area contributed by atoms with Gasteiger partial charge >= 0.3 is 5.97 Å². The van der Waals surface area contributed by atoms with Crippen LogP contribution in [0.25, 0.3) is 0 Å². The van der Waals surface area contributed by atoms with Crippen molar-refractivity contribution in [3.8, 4) is 0 Å². The Morgan fingerprint density at radius 1 is 1.14 bits per heavy atom. The zero-order valence-electron chi connectivity index (χ0n) is 16.6. The summed E-state index contributed by atoms with van der Waals surface area (Å²) in [5.41, 5.74) is 0.131. The number of hydrogen-bond donors (Lipinski definition) is 2. The maximum atomic E-state index is 12.5. The lowest BCUT2D eigenvalue weighted by atomic mass is 10.2. The summed E-state index contributed by atoms with van der Waals surface area (Å²) in [5.74, 6) is -1.68. The zero-order valence-corrected chi connectivity index (χ0v) is 17.5. The van der Waals surface area contributed by atoms with Crippen molar-refractivity contribution in [3.63, 3.8) is 0 Å². The molecule has 2 N–H and O–H groups in total. The molecule has 0 saturated carbocycles. The summed E-state index contributed by atoms with van der Waals surface area (Å²) in [5, 5.41) is 5.09. The second-order valence-corrected chi connectivity index (χ2v) is 8.73. The molecule has 1 aliphatic rings. The number of carbonyl (C=O) groups excluding carboxylic acids is 3. The molecule has 1 aliphatic heterocycles. The number of esters is 1. The molecule has 0 bridgehead atoms. The summed E-state index contributed by atoms with van der Waals surface area (Å²) >= 11 is 0. The highest BCUT2D eigenvalue weighted by atomic mass is 32.2. The fraction of sp³-hybridized carbons (Fsp3) is 0.526. The van der Waals surface area contributed by atoms with E-state index in [0.717, 1.165) is 19.3 Å². The molecule has 9 nitrogen and oxygen atoms in total. The first-order valence-corrected chi connectivity index (χ1v) is 11.0. The molecule has 2 rings (SSSR count). The van der Waals surface area contributed by atoms with E-state index in [1.54, 1.807) is 0 Å². The summed E-state index contributed by atoms with van der Waals surface area (Å²) in [7, 11) is -3.56. The van der Waals surface area contributed by atoms with E-state index in [0.29, 0.717) is 19.6 Å². The van der Waals surface area contributed by atoms with Crippen LogP contribution in [0.2, 0.25) is 0 Å². The Kier molecular flexibility index (Phi) is 8.15. The van der Waals surface area contributed by atoms with E-state index in [1.165, 1.54) is 35.5 Å². The standard InChI is InChI=1S/C19H27N3O6S/c1-3-10-20-18(24)14(2)21-17(23)13-28-19(25)15-6-8-16(9-7-15)29(26,27)22-11-4-5-12-22/h6-9,14H,3-5,10-13H2,1-2H3,(H,20,24)(H,21,23)/t14-/m0/s1. The van der Waals surface area contributed by atoms with Gasteiger partial charge in [0, 0.05) is 19.6 Å². The van der Waals surface area contributed by atoms with E-state index < -0.39 is 34.5 Å². The predicted octanol–water partition coefficient (Wildman–Crippen LogP) is 0.659. The van der Waals surface area contributed by atoms with Crippen molar-refractivity contribution in [1.29, 1.82) is 0 Å². The van der Waals surface area contributed by atoms with Crippen molar-refractivity contribution < 1.29 is 27.5 Å². The number of ether oxygens (including phenoxy) is 1. The first-order valence-electron chi connectivity index (χ1n) is 9.60. The molecular formula is C19H27N3O6S. The Hall–Kier alpha value is -2.46. The molecule has 0 aliphatic carbocycles. The van der Waals surface area contributed by atoms with Crippen LogP contribution in [0.3, 0.4) is 0 Å². The lowest BCUT2D eigenvalue weighted by Crippen LogP contribution is -2.46. The molecule has 10 heteroatoms. The molecule has 0 spiro atoms. The number of benzene rings is 1. The van der Waals surface area contributed by atoms with Gasteiger partial charge in [-0.2, -0.15) is 4.31 Å². The number of sulfonamides is 1. The van der Waals surface area contributed by atoms with Gasteiger partial charge in [-0.1, -0.05) is 6.92 Å². The molecule has 0 unspecified atom stereocenters. The van der Waals surface area contributed by atoms with Gasteiger partial charge in [-0.25, -0.2) is 13.2 Å². The molecule has 160 valence electrons. The summed E-state index contributed by atoms with van der Waals surface area (Å²) in [4.78, 5) is 35.8. The summed E-state index contributed by atoms with van der Waals surface area (Å²) < 4.78 is 31.3. The molecule has 1 aromatic carbocycles. The molecule has 1 saturated heterocycles. The quantitative estimate of drug-likeness (QED) is 0.561. The Morgan fingerprint density at radius 2 is 1.76 bits per heavy atom. The van der Waals surface area contributed by atoms with Gasteiger partial charge in [0.15, 0.2) is 6.61 Å².